The van der Waals surface area contributed by atoms with Gasteiger partial charge in [-0.05, 0) is 48.5 Å². The van der Waals surface area contributed by atoms with Crippen LogP contribution in [-0.4, -0.2) is 21.4 Å². The van der Waals surface area contributed by atoms with Gasteiger partial charge in [-0.25, -0.2) is 8.42 Å². The molecule has 3 aromatic carbocycles. The summed E-state index contributed by atoms with van der Waals surface area (Å²) in [6.07, 6.45) is 0. The smallest absolute Gasteiger partial charge is 0.264 e. The van der Waals surface area contributed by atoms with Crippen molar-refractivity contribution in [2.75, 3.05) is 16.7 Å². The van der Waals surface area contributed by atoms with Crippen molar-refractivity contribution in [1.82, 2.24) is 0 Å². The number of para-hydroxylation sites is 2. The molecule has 0 aliphatic heterocycles. The number of nitriles is 1. The predicted octanol–water partition coefficient (Wildman–Crippen LogP) is 3.64. The molecule has 0 aliphatic rings. The third kappa shape index (κ3) is 3.87. The van der Waals surface area contributed by atoms with Gasteiger partial charge >= 0.3 is 0 Å². The zero-order valence-corrected chi connectivity index (χ0v) is 15.8. The summed E-state index contributed by atoms with van der Waals surface area (Å²) in [6.45, 7) is 0. The second-order valence-corrected chi connectivity index (χ2v) is 7.91. The number of carbonyl (C=O) groups excluding carboxylic acids is 1. The van der Waals surface area contributed by atoms with Crippen LogP contribution in [0.4, 0.5) is 11.4 Å². The van der Waals surface area contributed by atoms with E-state index in [-0.39, 0.29) is 10.5 Å². The Morgan fingerprint density at radius 2 is 1.54 bits per heavy atom. The number of hydrogen-bond acceptors (Lipinski definition) is 4. The van der Waals surface area contributed by atoms with E-state index in [1.54, 1.807) is 48.5 Å². The minimum Gasteiger partial charge on any atom is -0.321 e. The highest BCUT2D eigenvalue weighted by molar-refractivity contribution is 7.92. The van der Waals surface area contributed by atoms with Crippen LogP contribution in [0.2, 0.25) is 0 Å². The first-order chi connectivity index (χ1) is 13.4. The van der Waals surface area contributed by atoms with Gasteiger partial charge in [-0.2, -0.15) is 5.26 Å². The Kier molecular flexibility index (Phi) is 5.43. The standard InChI is InChI=1S/C21H17N3O3S/c1-24(18-8-3-2-4-9-18)28(26,27)19-13-11-16(12-14-19)21(25)23-20-10-6-5-7-17(20)15-22/h2-14H,1H3,(H,23,25). The van der Waals surface area contributed by atoms with E-state index in [1.807, 2.05) is 12.1 Å². The van der Waals surface area contributed by atoms with Crippen LogP contribution in [0.15, 0.2) is 83.8 Å². The quantitative estimate of drug-likeness (QED) is 0.719. The van der Waals surface area contributed by atoms with E-state index < -0.39 is 15.9 Å². The Bertz CT molecular complexity index is 1140. The second-order valence-electron chi connectivity index (χ2n) is 5.94. The van der Waals surface area contributed by atoms with Crippen molar-refractivity contribution in [3.8, 4) is 6.07 Å². The first-order valence-electron chi connectivity index (χ1n) is 8.38. The lowest BCUT2D eigenvalue weighted by Gasteiger charge is -2.19. The molecule has 28 heavy (non-hydrogen) atoms. The van der Waals surface area contributed by atoms with Gasteiger partial charge in [0.25, 0.3) is 15.9 Å². The van der Waals surface area contributed by atoms with E-state index in [1.165, 1.54) is 35.6 Å². The molecule has 0 aromatic heterocycles. The average molecular weight is 391 g/mol. The maximum absolute atomic E-state index is 12.8. The monoisotopic (exact) mass is 391 g/mol. The summed E-state index contributed by atoms with van der Waals surface area (Å²) in [5, 5.41) is 11.8. The van der Waals surface area contributed by atoms with E-state index in [9.17, 15) is 13.2 Å². The fourth-order valence-corrected chi connectivity index (χ4v) is 3.79. The van der Waals surface area contributed by atoms with Gasteiger partial charge in [-0.1, -0.05) is 30.3 Å². The predicted molar refractivity (Wildman–Crippen MR) is 108 cm³/mol. The molecule has 0 spiro atoms. The number of benzene rings is 3. The molecule has 6 nitrogen and oxygen atoms in total. The summed E-state index contributed by atoms with van der Waals surface area (Å²) in [4.78, 5) is 12.5. The molecular weight excluding hydrogens is 374 g/mol. The molecule has 0 radical (unpaired) electrons. The molecule has 0 atom stereocenters. The highest BCUT2D eigenvalue weighted by Crippen LogP contribution is 2.22. The van der Waals surface area contributed by atoms with E-state index in [2.05, 4.69) is 5.32 Å². The number of carbonyl (C=O) groups is 1. The van der Waals surface area contributed by atoms with Gasteiger partial charge in [0.2, 0.25) is 0 Å². The molecule has 7 heteroatoms. The van der Waals surface area contributed by atoms with Gasteiger partial charge in [0.15, 0.2) is 0 Å². The number of nitrogens with one attached hydrogen (secondary N) is 1. The molecule has 3 aromatic rings. The minimum absolute atomic E-state index is 0.0767. The molecule has 1 N–H and O–H groups in total. The highest BCUT2D eigenvalue weighted by atomic mass is 32.2. The summed E-state index contributed by atoms with van der Waals surface area (Å²) in [5.41, 5.74) is 1.57. The Balaban J connectivity index is 1.81. The number of rotatable bonds is 5. The summed E-state index contributed by atoms with van der Waals surface area (Å²) in [7, 11) is -2.27. The maximum Gasteiger partial charge on any atom is 0.264 e. The lowest BCUT2D eigenvalue weighted by Crippen LogP contribution is -2.26. The van der Waals surface area contributed by atoms with Crippen LogP contribution in [-0.2, 0) is 10.0 Å². The lowest BCUT2D eigenvalue weighted by atomic mass is 10.1. The largest absolute Gasteiger partial charge is 0.321 e. The van der Waals surface area contributed by atoms with E-state index in [0.717, 1.165) is 0 Å². The summed E-state index contributed by atoms with van der Waals surface area (Å²) >= 11 is 0. The normalized spacial score (nSPS) is 10.7. The first-order valence-corrected chi connectivity index (χ1v) is 9.82. The number of anilines is 2. The first kappa shape index (κ1) is 19.1. The molecule has 0 saturated heterocycles. The lowest BCUT2D eigenvalue weighted by molar-refractivity contribution is 0.102. The van der Waals surface area contributed by atoms with E-state index >= 15 is 0 Å². The van der Waals surface area contributed by atoms with Crippen LogP contribution < -0.4 is 9.62 Å². The Hall–Kier alpha value is -3.63. The third-order valence-corrected chi connectivity index (χ3v) is 5.99. The number of sulfonamides is 1. The molecule has 0 fully saturated rings. The van der Waals surface area contributed by atoms with Crippen LogP contribution >= 0.6 is 0 Å². The molecule has 3 rings (SSSR count). The van der Waals surface area contributed by atoms with Crippen molar-refractivity contribution in [2.45, 2.75) is 4.90 Å². The van der Waals surface area contributed by atoms with E-state index in [0.29, 0.717) is 16.9 Å². The van der Waals surface area contributed by atoms with Crippen LogP contribution in [0, 0.1) is 11.3 Å². The van der Waals surface area contributed by atoms with Crippen molar-refractivity contribution in [1.29, 1.82) is 5.26 Å². The van der Waals surface area contributed by atoms with Gasteiger partial charge in [-0.15, -0.1) is 0 Å². The van der Waals surface area contributed by atoms with Crippen molar-refractivity contribution in [3.63, 3.8) is 0 Å². The molecule has 0 heterocycles. The van der Waals surface area contributed by atoms with Crippen molar-refractivity contribution < 1.29 is 13.2 Å². The minimum atomic E-state index is -3.75. The Morgan fingerprint density at radius 1 is 0.929 bits per heavy atom. The van der Waals surface area contributed by atoms with E-state index in [4.69, 9.17) is 5.26 Å². The number of nitrogens with zero attached hydrogens (tertiary/aromatic N) is 2. The summed E-state index contributed by atoms with van der Waals surface area (Å²) < 4.78 is 26.7. The molecule has 0 saturated carbocycles. The molecule has 0 bridgehead atoms. The Labute approximate surface area is 163 Å². The second kappa shape index (κ2) is 7.94. The third-order valence-electron chi connectivity index (χ3n) is 4.19. The van der Waals surface area contributed by atoms with Crippen LogP contribution in [0.25, 0.3) is 0 Å². The summed E-state index contributed by atoms with van der Waals surface area (Å²) in [5.74, 6) is -0.428. The van der Waals surface area contributed by atoms with Crippen LogP contribution in [0.1, 0.15) is 15.9 Å². The fraction of sp³-hybridized carbons (Fsp3) is 0.0476. The zero-order valence-electron chi connectivity index (χ0n) is 15.0. The van der Waals surface area contributed by atoms with Crippen molar-refractivity contribution in [3.05, 3.63) is 90.0 Å². The topological polar surface area (TPSA) is 90.3 Å². The van der Waals surface area contributed by atoms with Gasteiger partial charge in [0.1, 0.15) is 6.07 Å². The van der Waals surface area contributed by atoms with Gasteiger partial charge in [-0.3, -0.25) is 9.10 Å². The SMILES string of the molecule is CN(c1ccccc1)S(=O)(=O)c1ccc(C(=O)Nc2ccccc2C#N)cc1. The number of hydrogen-bond donors (Lipinski definition) is 1. The zero-order chi connectivity index (χ0) is 20.1. The molecular formula is C21H17N3O3S. The van der Waals surface area contributed by atoms with Gasteiger partial charge in [0.05, 0.1) is 21.8 Å². The summed E-state index contributed by atoms with van der Waals surface area (Å²) in [6, 6.07) is 23.0. The van der Waals surface area contributed by atoms with Crippen LogP contribution in [0.3, 0.4) is 0 Å². The van der Waals surface area contributed by atoms with Crippen molar-refractivity contribution in [2.24, 2.45) is 0 Å². The maximum atomic E-state index is 12.8. The molecule has 0 aliphatic carbocycles. The van der Waals surface area contributed by atoms with Crippen LogP contribution in [0.5, 0.6) is 0 Å². The molecule has 1 amide bonds. The number of amides is 1. The van der Waals surface area contributed by atoms with Gasteiger partial charge in [0, 0.05) is 12.6 Å². The fourth-order valence-electron chi connectivity index (χ4n) is 2.60. The van der Waals surface area contributed by atoms with Gasteiger partial charge < -0.3 is 5.32 Å². The van der Waals surface area contributed by atoms with Crippen molar-refractivity contribution >= 4 is 27.3 Å². The highest BCUT2D eigenvalue weighted by Gasteiger charge is 2.21. The average Bonchev–Trinajstić information content (AvgIpc) is 2.74. The molecule has 0 unspecified atom stereocenters. The molecule has 140 valence electrons. The Morgan fingerprint density at radius 3 is 2.18 bits per heavy atom.